The third-order valence-electron chi connectivity index (χ3n) is 1.59. The van der Waals surface area contributed by atoms with Gasteiger partial charge in [-0.2, -0.15) is 5.10 Å². The maximum absolute atomic E-state index is 7.28. The molecule has 1 heterocycles. The Labute approximate surface area is 72.2 Å². The van der Waals surface area contributed by atoms with Crippen molar-refractivity contribution in [3.05, 3.63) is 24.0 Å². The van der Waals surface area contributed by atoms with Crippen molar-refractivity contribution in [2.24, 2.45) is 7.05 Å². The first kappa shape index (κ1) is 8.71. The predicted molar refractivity (Wildman–Crippen MR) is 50.3 cm³/mol. The molecule has 3 heteroatoms. The van der Waals surface area contributed by atoms with Crippen LogP contribution in [0.4, 0.5) is 0 Å². The average molecular weight is 163 g/mol. The van der Waals surface area contributed by atoms with Crippen LogP contribution < -0.4 is 0 Å². The minimum Gasteiger partial charge on any atom is -0.306 e. The summed E-state index contributed by atoms with van der Waals surface area (Å²) in [5.41, 5.74) is 2.72. The van der Waals surface area contributed by atoms with E-state index in [1.807, 2.05) is 26.2 Å². The predicted octanol–water partition coefficient (Wildman–Crippen LogP) is 1.86. The van der Waals surface area contributed by atoms with Crippen molar-refractivity contribution in [3.63, 3.8) is 0 Å². The van der Waals surface area contributed by atoms with Crippen LogP contribution in [0.15, 0.2) is 18.5 Å². The Bertz CT molecular complexity index is 320. The van der Waals surface area contributed by atoms with E-state index in [1.165, 1.54) is 0 Å². The highest BCUT2D eigenvalue weighted by Gasteiger charge is 1.97. The Morgan fingerprint density at radius 1 is 1.58 bits per heavy atom. The van der Waals surface area contributed by atoms with Gasteiger partial charge in [0.15, 0.2) is 0 Å². The molecule has 0 unspecified atom stereocenters. The third-order valence-corrected chi connectivity index (χ3v) is 1.59. The zero-order chi connectivity index (χ0) is 9.14. The highest BCUT2D eigenvalue weighted by molar-refractivity contribution is 5.96. The normalized spacial score (nSPS) is 11.8. The van der Waals surface area contributed by atoms with Gasteiger partial charge in [-0.15, -0.1) is 0 Å². The van der Waals surface area contributed by atoms with E-state index in [-0.39, 0.29) is 0 Å². The minimum atomic E-state index is 0.566. The van der Waals surface area contributed by atoms with E-state index >= 15 is 0 Å². The Morgan fingerprint density at radius 2 is 2.25 bits per heavy atom. The number of aromatic nitrogens is 2. The zero-order valence-electron chi connectivity index (χ0n) is 7.63. The minimum absolute atomic E-state index is 0.566. The Balaban J connectivity index is 2.91. The SMILES string of the molecule is CC(=N)/C=C(\C)c1cnn(C)c1. The van der Waals surface area contributed by atoms with Gasteiger partial charge < -0.3 is 5.41 Å². The van der Waals surface area contributed by atoms with E-state index < -0.39 is 0 Å². The second-order valence-electron chi connectivity index (χ2n) is 2.91. The second-order valence-corrected chi connectivity index (χ2v) is 2.91. The molecule has 0 saturated heterocycles. The zero-order valence-corrected chi connectivity index (χ0v) is 7.63. The van der Waals surface area contributed by atoms with Crippen LogP contribution in [-0.2, 0) is 7.05 Å². The lowest BCUT2D eigenvalue weighted by atomic mass is 10.1. The van der Waals surface area contributed by atoms with Gasteiger partial charge in [0.2, 0.25) is 0 Å². The van der Waals surface area contributed by atoms with Crippen LogP contribution in [0.3, 0.4) is 0 Å². The summed E-state index contributed by atoms with van der Waals surface area (Å²) >= 11 is 0. The molecule has 0 saturated carbocycles. The van der Waals surface area contributed by atoms with Crippen molar-refractivity contribution in [2.45, 2.75) is 13.8 Å². The van der Waals surface area contributed by atoms with Crippen LogP contribution in [0.2, 0.25) is 0 Å². The molecule has 1 aromatic rings. The van der Waals surface area contributed by atoms with Crippen molar-refractivity contribution in [2.75, 3.05) is 0 Å². The van der Waals surface area contributed by atoms with Crippen LogP contribution in [0.5, 0.6) is 0 Å². The molecule has 1 rings (SSSR count). The number of rotatable bonds is 2. The monoisotopic (exact) mass is 163 g/mol. The fourth-order valence-corrected chi connectivity index (χ4v) is 1.03. The summed E-state index contributed by atoms with van der Waals surface area (Å²) in [7, 11) is 1.88. The maximum atomic E-state index is 7.28. The molecule has 64 valence electrons. The highest BCUT2D eigenvalue weighted by atomic mass is 15.2. The van der Waals surface area contributed by atoms with Crippen LogP contribution >= 0.6 is 0 Å². The van der Waals surface area contributed by atoms with Gasteiger partial charge in [-0.1, -0.05) is 0 Å². The first-order valence-electron chi connectivity index (χ1n) is 3.82. The fourth-order valence-electron chi connectivity index (χ4n) is 1.03. The maximum Gasteiger partial charge on any atom is 0.0564 e. The molecule has 3 nitrogen and oxygen atoms in total. The standard InChI is InChI=1S/C9H13N3/c1-7(4-8(2)10)9-5-11-12(3)6-9/h4-6,10H,1-3H3/b7-4+,10-8?. The summed E-state index contributed by atoms with van der Waals surface area (Å²) in [4.78, 5) is 0. The quantitative estimate of drug-likeness (QED) is 0.664. The van der Waals surface area contributed by atoms with E-state index in [1.54, 1.807) is 17.8 Å². The molecule has 0 bridgehead atoms. The molecule has 0 aliphatic heterocycles. The van der Waals surface area contributed by atoms with Crippen molar-refractivity contribution in [1.29, 1.82) is 5.41 Å². The number of allylic oxidation sites excluding steroid dienone is 2. The molecular formula is C9H13N3. The summed E-state index contributed by atoms with van der Waals surface area (Å²) in [5, 5.41) is 11.3. The lowest BCUT2D eigenvalue weighted by Crippen LogP contribution is -1.85. The summed E-state index contributed by atoms with van der Waals surface area (Å²) < 4.78 is 1.76. The van der Waals surface area contributed by atoms with Gasteiger partial charge in [0.25, 0.3) is 0 Å². The third kappa shape index (κ3) is 2.05. The first-order chi connectivity index (χ1) is 5.59. The second kappa shape index (κ2) is 3.34. The molecule has 0 radical (unpaired) electrons. The molecule has 0 aliphatic carbocycles. The molecule has 0 aliphatic rings. The summed E-state index contributed by atoms with van der Waals surface area (Å²) in [6.07, 6.45) is 5.57. The molecular weight excluding hydrogens is 150 g/mol. The number of nitrogens with zero attached hydrogens (tertiary/aromatic N) is 2. The molecule has 0 fully saturated rings. The molecule has 0 amide bonds. The van der Waals surface area contributed by atoms with Crippen LogP contribution in [-0.4, -0.2) is 15.5 Å². The first-order valence-corrected chi connectivity index (χ1v) is 3.82. The number of nitrogens with one attached hydrogen (secondary N) is 1. The van der Waals surface area contributed by atoms with E-state index in [0.717, 1.165) is 11.1 Å². The van der Waals surface area contributed by atoms with E-state index in [9.17, 15) is 0 Å². The topological polar surface area (TPSA) is 41.7 Å². The fraction of sp³-hybridized carbons (Fsp3) is 0.333. The van der Waals surface area contributed by atoms with Crippen LogP contribution in [0, 0.1) is 5.41 Å². The molecule has 12 heavy (non-hydrogen) atoms. The molecule has 0 spiro atoms. The highest BCUT2D eigenvalue weighted by Crippen LogP contribution is 2.11. The Hall–Kier alpha value is -1.38. The number of hydrogen-bond acceptors (Lipinski definition) is 2. The van der Waals surface area contributed by atoms with Crippen LogP contribution in [0.1, 0.15) is 19.4 Å². The Kier molecular flexibility index (Phi) is 2.43. The Morgan fingerprint density at radius 3 is 2.67 bits per heavy atom. The lowest BCUT2D eigenvalue weighted by molar-refractivity contribution is 0.767. The van der Waals surface area contributed by atoms with Crippen molar-refractivity contribution >= 4 is 11.3 Å². The van der Waals surface area contributed by atoms with E-state index in [0.29, 0.717) is 5.71 Å². The van der Waals surface area contributed by atoms with Crippen molar-refractivity contribution < 1.29 is 0 Å². The van der Waals surface area contributed by atoms with Gasteiger partial charge in [0.1, 0.15) is 0 Å². The van der Waals surface area contributed by atoms with Crippen molar-refractivity contribution in [1.82, 2.24) is 9.78 Å². The van der Waals surface area contributed by atoms with E-state index in [4.69, 9.17) is 5.41 Å². The molecule has 0 aromatic carbocycles. The lowest BCUT2D eigenvalue weighted by Gasteiger charge is -1.94. The van der Waals surface area contributed by atoms with Gasteiger partial charge in [-0.3, -0.25) is 4.68 Å². The summed E-state index contributed by atoms with van der Waals surface area (Å²) in [6.45, 7) is 3.74. The molecule has 1 N–H and O–H groups in total. The number of aryl methyl sites for hydroxylation is 1. The average Bonchev–Trinajstić information content (AvgIpc) is 2.34. The summed E-state index contributed by atoms with van der Waals surface area (Å²) in [5.74, 6) is 0. The molecule has 0 atom stereocenters. The van der Waals surface area contributed by atoms with Crippen molar-refractivity contribution in [3.8, 4) is 0 Å². The van der Waals surface area contributed by atoms with Gasteiger partial charge in [0, 0.05) is 24.5 Å². The summed E-state index contributed by atoms with van der Waals surface area (Å²) in [6, 6.07) is 0. The number of hydrogen-bond donors (Lipinski definition) is 1. The van der Waals surface area contributed by atoms with Gasteiger partial charge in [-0.05, 0) is 25.5 Å². The van der Waals surface area contributed by atoms with Crippen LogP contribution in [0.25, 0.3) is 5.57 Å². The van der Waals surface area contributed by atoms with Gasteiger partial charge >= 0.3 is 0 Å². The molecule has 1 aromatic heterocycles. The smallest absolute Gasteiger partial charge is 0.0564 e. The largest absolute Gasteiger partial charge is 0.306 e. The van der Waals surface area contributed by atoms with E-state index in [2.05, 4.69) is 5.10 Å². The van der Waals surface area contributed by atoms with Gasteiger partial charge in [-0.25, -0.2) is 0 Å². The van der Waals surface area contributed by atoms with Gasteiger partial charge in [0.05, 0.1) is 6.20 Å².